The minimum atomic E-state index is 0.0594. The van der Waals surface area contributed by atoms with Crippen LogP contribution in [0.4, 0.5) is 0 Å². The highest BCUT2D eigenvalue weighted by Gasteiger charge is 2.31. The van der Waals surface area contributed by atoms with Crippen molar-refractivity contribution in [3.8, 4) is 0 Å². The summed E-state index contributed by atoms with van der Waals surface area (Å²) in [5.41, 5.74) is 1.29. The third kappa shape index (κ3) is 3.51. The van der Waals surface area contributed by atoms with Gasteiger partial charge in [-0.05, 0) is 45.2 Å². The second-order valence-corrected chi connectivity index (χ2v) is 5.45. The standard InChI is InChI=1S/C14H22N2O/c1-11(12-5-4-8-15-9-12)16-10-13-6-7-14(2,3)17-13/h4-5,8-9,11,13,16H,6-7,10H2,1-3H3. The van der Waals surface area contributed by atoms with E-state index >= 15 is 0 Å². The Bertz CT molecular complexity index is 350. The molecule has 1 N–H and O–H groups in total. The molecular weight excluding hydrogens is 212 g/mol. The number of pyridine rings is 1. The Morgan fingerprint density at radius 2 is 2.41 bits per heavy atom. The molecule has 1 aliphatic rings. The maximum Gasteiger partial charge on any atom is 0.0708 e. The van der Waals surface area contributed by atoms with Crippen molar-refractivity contribution in [1.29, 1.82) is 0 Å². The van der Waals surface area contributed by atoms with Crippen molar-refractivity contribution in [3.63, 3.8) is 0 Å². The summed E-state index contributed by atoms with van der Waals surface area (Å²) in [6, 6.07) is 4.41. The summed E-state index contributed by atoms with van der Waals surface area (Å²) in [5, 5.41) is 3.51. The van der Waals surface area contributed by atoms with Gasteiger partial charge in [-0.2, -0.15) is 0 Å². The molecule has 0 bridgehead atoms. The summed E-state index contributed by atoms with van der Waals surface area (Å²) in [6.45, 7) is 7.41. The van der Waals surface area contributed by atoms with Gasteiger partial charge >= 0.3 is 0 Å². The fourth-order valence-corrected chi connectivity index (χ4v) is 2.28. The van der Waals surface area contributed by atoms with Crippen LogP contribution in [0.15, 0.2) is 24.5 Å². The van der Waals surface area contributed by atoms with Crippen molar-refractivity contribution >= 4 is 0 Å². The zero-order valence-corrected chi connectivity index (χ0v) is 10.9. The summed E-state index contributed by atoms with van der Waals surface area (Å²) >= 11 is 0. The number of rotatable bonds is 4. The lowest BCUT2D eigenvalue weighted by Crippen LogP contribution is -2.31. The van der Waals surface area contributed by atoms with Crippen LogP contribution in [-0.2, 0) is 4.74 Å². The first-order valence-corrected chi connectivity index (χ1v) is 6.38. The molecule has 1 fully saturated rings. The molecule has 3 nitrogen and oxygen atoms in total. The Labute approximate surface area is 104 Å². The van der Waals surface area contributed by atoms with Gasteiger partial charge in [0.05, 0.1) is 11.7 Å². The van der Waals surface area contributed by atoms with E-state index in [1.54, 1.807) is 6.20 Å². The van der Waals surface area contributed by atoms with Gasteiger partial charge in [-0.15, -0.1) is 0 Å². The van der Waals surface area contributed by atoms with Gasteiger partial charge in [0.15, 0.2) is 0 Å². The molecule has 1 aliphatic heterocycles. The summed E-state index contributed by atoms with van der Waals surface area (Å²) in [6.07, 6.45) is 6.38. The molecule has 0 aliphatic carbocycles. The van der Waals surface area contributed by atoms with Crippen LogP contribution in [0.5, 0.6) is 0 Å². The molecule has 1 aromatic heterocycles. The first-order valence-electron chi connectivity index (χ1n) is 6.38. The number of hydrogen-bond acceptors (Lipinski definition) is 3. The summed E-state index contributed by atoms with van der Waals surface area (Å²) in [7, 11) is 0. The van der Waals surface area contributed by atoms with Gasteiger partial charge in [0, 0.05) is 25.0 Å². The third-order valence-electron chi connectivity index (χ3n) is 3.39. The highest BCUT2D eigenvalue weighted by Crippen LogP contribution is 2.29. The van der Waals surface area contributed by atoms with Crippen molar-refractivity contribution in [2.45, 2.75) is 51.4 Å². The predicted molar refractivity (Wildman–Crippen MR) is 68.8 cm³/mol. The average Bonchev–Trinajstić information content (AvgIpc) is 2.67. The van der Waals surface area contributed by atoms with Crippen LogP contribution in [0.3, 0.4) is 0 Å². The Morgan fingerprint density at radius 1 is 1.59 bits per heavy atom. The van der Waals surface area contributed by atoms with Gasteiger partial charge in [-0.3, -0.25) is 4.98 Å². The van der Waals surface area contributed by atoms with Gasteiger partial charge in [0.25, 0.3) is 0 Å². The lowest BCUT2D eigenvalue weighted by molar-refractivity contribution is -0.0150. The van der Waals surface area contributed by atoms with Crippen LogP contribution in [0.2, 0.25) is 0 Å². The van der Waals surface area contributed by atoms with Gasteiger partial charge in [0.2, 0.25) is 0 Å². The highest BCUT2D eigenvalue weighted by molar-refractivity contribution is 5.12. The molecule has 17 heavy (non-hydrogen) atoms. The molecule has 3 heteroatoms. The number of nitrogens with one attached hydrogen (secondary N) is 1. The molecule has 0 aromatic carbocycles. The molecule has 2 heterocycles. The molecule has 0 spiro atoms. The van der Waals surface area contributed by atoms with E-state index in [2.05, 4.69) is 37.1 Å². The smallest absolute Gasteiger partial charge is 0.0708 e. The lowest BCUT2D eigenvalue weighted by Gasteiger charge is -2.21. The minimum Gasteiger partial charge on any atom is -0.371 e. The number of hydrogen-bond donors (Lipinski definition) is 1. The maximum absolute atomic E-state index is 5.96. The van der Waals surface area contributed by atoms with Gasteiger partial charge < -0.3 is 10.1 Å². The van der Waals surface area contributed by atoms with E-state index in [0.717, 1.165) is 19.4 Å². The Hall–Kier alpha value is -0.930. The van der Waals surface area contributed by atoms with Crippen LogP contribution in [0.1, 0.15) is 45.2 Å². The van der Waals surface area contributed by atoms with Crippen molar-refractivity contribution in [2.24, 2.45) is 0 Å². The SMILES string of the molecule is CC(NCC1CCC(C)(C)O1)c1cccnc1. The molecule has 0 amide bonds. The van der Waals surface area contributed by atoms with E-state index in [1.165, 1.54) is 5.56 Å². The van der Waals surface area contributed by atoms with Crippen LogP contribution >= 0.6 is 0 Å². The second-order valence-electron chi connectivity index (χ2n) is 5.45. The van der Waals surface area contributed by atoms with Crippen molar-refractivity contribution in [3.05, 3.63) is 30.1 Å². The van der Waals surface area contributed by atoms with Crippen LogP contribution in [0.25, 0.3) is 0 Å². The number of ether oxygens (including phenoxy) is 1. The van der Waals surface area contributed by atoms with Gasteiger partial charge in [-0.25, -0.2) is 0 Å². The van der Waals surface area contributed by atoms with Crippen LogP contribution < -0.4 is 5.32 Å². The second kappa shape index (κ2) is 5.15. The van der Waals surface area contributed by atoms with Crippen molar-refractivity contribution < 1.29 is 4.74 Å². The zero-order valence-electron chi connectivity index (χ0n) is 10.9. The third-order valence-corrected chi connectivity index (χ3v) is 3.39. The number of nitrogens with zero attached hydrogens (tertiary/aromatic N) is 1. The molecular formula is C14H22N2O. The first kappa shape index (κ1) is 12.5. The normalized spacial score (nSPS) is 24.8. The van der Waals surface area contributed by atoms with E-state index in [1.807, 2.05) is 12.3 Å². The average molecular weight is 234 g/mol. The van der Waals surface area contributed by atoms with Crippen molar-refractivity contribution in [1.82, 2.24) is 10.3 Å². The van der Waals surface area contributed by atoms with Gasteiger partial charge in [-0.1, -0.05) is 6.07 Å². The zero-order chi connectivity index (χ0) is 12.3. The van der Waals surface area contributed by atoms with E-state index < -0.39 is 0 Å². The Kier molecular flexibility index (Phi) is 3.79. The fraction of sp³-hybridized carbons (Fsp3) is 0.643. The van der Waals surface area contributed by atoms with Crippen LogP contribution in [-0.4, -0.2) is 23.2 Å². The summed E-state index contributed by atoms with van der Waals surface area (Å²) in [4.78, 5) is 4.14. The Balaban J connectivity index is 1.79. The quantitative estimate of drug-likeness (QED) is 0.869. The largest absolute Gasteiger partial charge is 0.371 e. The van der Waals surface area contributed by atoms with E-state index in [9.17, 15) is 0 Å². The molecule has 2 atom stereocenters. The molecule has 94 valence electrons. The maximum atomic E-state index is 5.96. The number of aromatic nitrogens is 1. The molecule has 0 radical (unpaired) electrons. The molecule has 0 saturated carbocycles. The monoisotopic (exact) mass is 234 g/mol. The highest BCUT2D eigenvalue weighted by atomic mass is 16.5. The van der Waals surface area contributed by atoms with Crippen molar-refractivity contribution in [2.75, 3.05) is 6.54 Å². The first-order chi connectivity index (χ1) is 8.07. The molecule has 2 rings (SSSR count). The summed E-state index contributed by atoms with van der Waals surface area (Å²) in [5.74, 6) is 0. The molecule has 1 aromatic rings. The van der Waals surface area contributed by atoms with E-state index in [0.29, 0.717) is 12.1 Å². The minimum absolute atomic E-state index is 0.0594. The summed E-state index contributed by atoms with van der Waals surface area (Å²) < 4.78 is 5.96. The van der Waals surface area contributed by atoms with Crippen LogP contribution in [0, 0.1) is 0 Å². The molecule has 2 unspecified atom stereocenters. The van der Waals surface area contributed by atoms with E-state index in [4.69, 9.17) is 4.74 Å². The predicted octanol–water partition coefficient (Wildman–Crippen LogP) is 2.69. The topological polar surface area (TPSA) is 34.1 Å². The molecule has 1 saturated heterocycles. The van der Waals surface area contributed by atoms with Gasteiger partial charge in [0.1, 0.15) is 0 Å². The lowest BCUT2D eigenvalue weighted by atomic mass is 10.1. The fourth-order valence-electron chi connectivity index (χ4n) is 2.28. The Morgan fingerprint density at radius 3 is 3.00 bits per heavy atom. The van der Waals surface area contributed by atoms with E-state index in [-0.39, 0.29) is 5.60 Å².